The number of carbonyl (C=O) groups is 2. The van der Waals surface area contributed by atoms with Crippen LogP contribution >= 0.6 is 0 Å². The van der Waals surface area contributed by atoms with Crippen LogP contribution in [0.25, 0.3) is 11.1 Å². The average Bonchev–Trinajstić information content (AvgIpc) is 2.86. The lowest BCUT2D eigenvalue weighted by atomic mass is 10.3. The lowest BCUT2D eigenvalue weighted by Crippen LogP contribution is -2.43. The van der Waals surface area contributed by atoms with E-state index in [-0.39, 0.29) is 12.5 Å². The normalized spacial score (nSPS) is 10.9. The van der Waals surface area contributed by atoms with E-state index in [0.29, 0.717) is 24.6 Å². The van der Waals surface area contributed by atoms with E-state index in [9.17, 15) is 9.59 Å². The number of hydrogen-bond donors (Lipinski definition) is 2. The molecular formula is C15H20N4O3. The van der Waals surface area contributed by atoms with Gasteiger partial charge in [0.2, 0.25) is 11.8 Å². The largest absolute Gasteiger partial charge is 0.439 e. The van der Waals surface area contributed by atoms with Gasteiger partial charge in [-0.25, -0.2) is 9.78 Å². The van der Waals surface area contributed by atoms with E-state index in [1.165, 1.54) is 0 Å². The summed E-state index contributed by atoms with van der Waals surface area (Å²) in [5.41, 5.74) is 1.50. The van der Waals surface area contributed by atoms with E-state index < -0.39 is 6.03 Å². The van der Waals surface area contributed by atoms with Gasteiger partial charge in [0.05, 0.1) is 13.1 Å². The van der Waals surface area contributed by atoms with Crippen LogP contribution in [0, 0.1) is 0 Å². The minimum Gasteiger partial charge on any atom is -0.439 e. The topological polar surface area (TPSA) is 87.5 Å². The Morgan fingerprint density at radius 3 is 2.82 bits per heavy atom. The van der Waals surface area contributed by atoms with Crippen LogP contribution < -0.4 is 10.6 Å². The first-order chi connectivity index (χ1) is 10.6. The van der Waals surface area contributed by atoms with Gasteiger partial charge in [0, 0.05) is 6.54 Å². The summed E-state index contributed by atoms with van der Waals surface area (Å²) < 4.78 is 5.59. The fourth-order valence-corrected chi connectivity index (χ4v) is 1.97. The molecule has 118 valence electrons. The van der Waals surface area contributed by atoms with Gasteiger partial charge in [0.15, 0.2) is 5.58 Å². The number of nitrogens with zero attached hydrogens (tertiary/aromatic N) is 2. The molecule has 7 nitrogen and oxygen atoms in total. The number of oxazole rings is 1. The molecule has 0 unspecified atom stereocenters. The van der Waals surface area contributed by atoms with Crippen molar-refractivity contribution in [2.45, 2.75) is 19.9 Å². The van der Waals surface area contributed by atoms with Crippen LogP contribution in [0.1, 0.15) is 19.2 Å². The second kappa shape index (κ2) is 7.56. The van der Waals surface area contributed by atoms with Crippen LogP contribution in [-0.4, -0.2) is 42.0 Å². The molecule has 22 heavy (non-hydrogen) atoms. The summed E-state index contributed by atoms with van der Waals surface area (Å²) >= 11 is 0. The second-order valence-electron chi connectivity index (χ2n) is 5.05. The Hall–Kier alpha value is -2.41. The zero-order valence-electron chi connectivity index (χ0n) is 12.8. The molecule has 2 aromatic rings. The first-order valence-corrected chi connectivity index (χ1v) is 7.19. The van der Waals surface area contributed by atoms with Gasteiger partial charge in [0.1, 0.15) is 5.52 Å². The first kappa shape index (κ1) is 16.0. The molecule has 0 spiro atoms. The van der Waals surface area contributed by atoms with Crippen molar-refractivity contribution in [1.82, 2.24) is 20.5 Å². The fraction of sp³-hybridized carbons (Fsp3) is 0.400. The predicted molar refractivity (Wildman–Crippen MR) is 82.2 cm³/mol. The zero-order chi connectivity index (χ0) is 15.9. The highest BCUT2D eigenvalue weighted by Gasteiger charge is 2.13. The van der Waals surface area contributed by atoms with Crippen LogP contribution in [0.2, 0.25) is 0 Å². The molecule has 0 atom stereocenters. The number of benzene rings is 1. The summed E-state index contributed by atoms with van der Waals surface area (Å²) in [7, 11) is 1.76. The highest BCUT2D eigenvalue weighted by atomic mass is 16.3. The lowest BCUT2D eigenvalue weighted by molar-refractivity contribution is -0.121. The third kappa shape index (κ3) is 4.56. The summed E-state index contributed by atoms with van der Waals surface area (Å²) in [5.74, 6) is 0.166. The highest BCUT2D eigenvalue weighted by molar-refractivity contribution is 5.95. The number of nitrogens with one attached hydrogen (secondary N) is 2. The third-order valence-corrected chi connectivity index (χ3v) is 2.95. The summed E-state index contributed by atoms with van der Waals surface area (Å²) in [6.45, 7) is 2.95. The van der Waals surface area contributed by atoms with Crippen LogP contribution in [-0.2, 0) is 11.3 Å². The molecule has 0 aliphatic heterocycles. The molecule has 0 fully saturated rings. The van der Waals surface area contributed by atoms with Crippen molar-refractivity contribution in [2.24, 2.45) is 0 Å². The molecule has 0 saturated heterocycles. The Bertz CT molecular complexity index is 620. The summed E-state index contributed by atoms with van der Waals surface area (Å²) in [5, 5.41) is 4.86. The number of aromatic nitrogens is 1. The van der Waals surface area contributed by atoms with E-state index in [4.69, 9.17) is 4.42 Å². The van der Waals surface area contributed by atoms with Gasteiger partial charge in [-0.15, -0.1) is 0 Å². The number of para-hydroxylation sites is 2. The summed E-state index contributed by atoms with van der Waals surface area (Å²) in [6, 6.07) is 7.01. The summed E-state index contributed by atoms with van der Waals surface area (Å²) in [6.07, 6.45) is 0.819. The molecule has 0 radical (unpaired) electrons. The van der Waals surface area contributed by atoms with Crippen molar-refractivity contribution < 1.29 is 14.0 Å². The number of carbonyl (C=O) groups excluding carboxylic acids is 2. The quantitative estimate of drug-likeness (QED) is 0.844. The number of hydrogen-bond acceptors (Lipinski definition) is 5. The minimum absolute atomic E-state index is 0.0816. The van der Waals surface area contributed by atoms with Crippen molar-refractivity contribution >= 4 is 23.0 Å². The Balaban J connectivity index is 1.83. The summed E-state index contributed by atoms with van der Waals surface area (Å²) in [4.78, 5) is 29.2. The molecule has 0 bridgehead atoms. The van der Waals surface area contributed by atoms with Crippen LogP contribution in [0.15, 0.2) is 28.7 Å². The van der Waals surface area contributed by atoms with E-state index in [1.807, 2.05) is 31.2 Å². The molecule has 0 aliphatic carbocycles. The molecule has 0 saturated carbocycles. The van der Waals surface area contributed by atoms with Crippen LogP contribution in [0.3, 0.4) is 0 Å². The van der Waals surface area contributed by atoms with Gasteiger partial charge >= 0.3 is 6.03 Å². The molecule has 1 heterocycles. The minimum atomic E-state index is -0.470. The van der Waals surface area contributed by atoms with Crippen LogP contribution in [0.4, 0.5) is 4.79 Å². The smallest absolute Gasteiger partial charge is 0.321 e. The maximum absolute atomic E-state index is 11.7. The molecular weight excluding hydrogens is 284 g/mol. The molecule has 1 aromatic heterocycles. The SMILES string of the molecule is CCCNC(=O)NC(=O)CN(C)Cc1nc2ccccc2o1. The van der Waals surface area contributed by atoms with Crippen molar-refractivity contribution in [3.05, 3.63) is 30.2 Å². The molecule has 3 amide bonds. The van der Waals surface area contributed by atoms with E-state index in [1.54, 1.807) is 11.9 Å². The number of amides is 3. The lowest BCUT2D eigenvalue weighted by Gasteiger charge is -2.13. The Kier molecular flexibility index (Phi) is 5.48. The van der Waals surface area contributed by atoms with Gasteiger partial charge in [-0.2, -0.15) is 0 Å². The Morgan fingerprint density at radius 1 is 1.32 bits per heavy atom. The van der Waals surface area contributed by atoms with Crippen molar-refractivity contribution in [3.8, 4) is 0 Å². The molecule has 2 N–H and O–H groups in total. The van der Waals surface area contributed by atoms with Gasteiger partial charge in [-0.3, -0.25) is 15.0 Å². The molecule has 1 aromatic carbocycles. The number of likely N-dealkylation sites (N-methyl/N-ethyl adjacent to an activating group) is 1. The van der Waals surface area contributed by atoms with Gasteiger partial charge in [-0.1, -0.05) is 19.1 Å². The van der Waals surface area contributed by atoms with E-state index in [0.717, 1.165) is 11.9 Å². The molecule has 2 rings (SSSR count). The monoisotopic (exact) mass is 304 g/mol. The van der Waals surface area contributed by atoms with Gasteiger partial charge in [-0.05, 0) is 25.6 Å². The number of rotatable bonds is 6. The van der Waals surface area contributed by atoms with Crippen LogP contribution in [0.5, 0.6) is 0 Å². The van der Waals surface area contributed by atoms with Crippen molar-refractivity contribution in [3.63, 3.8) is 0 Å². The Labute approximate surface area is 128 Å². The molecule has 0 aliphatic rings. The van der Waals surface area contributed by atoms with E-state index >= 15 is 0 Å². The predicted octanol–water partition coefficient (Wildman–Crippen LogP) is 1.50. The molecule has 7 heteroatoms. The van der Waals surface area contributed by atoms with Crippen molar-refractivity contribution in [1.29, 1.82) is 0 Å². The number of fused-ring (bicyclic) bond motifs is 1. The maximum atomic E-state index is 11.7. The third-order valence-electron chi connectivity index (χ3n) is 2.95. The number of imide groups is 1. The fourth-order valence-electron chi connectivity index (χ4n) is 1.97. The van der Waals surface area contributed by atoms with Gasteiger partial charge < -0.3 is 9.73 Å². The zero-order valence-corrected chi connectivity index (χ0v) is 12.8. The number of urea groups is 1. The van der Waals surface area contributed by atoms with Gasteiger partial charge in [0.25, 0.3) is 0 Å². The Morgan fingerprint density at radius 2 is 2.09 bits per heavy atom. The van der Waals surface area contributed by atoms with E-state index in [2.05, 4.69) is 15.6 Å². The maximum Gasteiger partial charge on any atom is 0.321 e. The second-order valence-corrected chi connectivity index (χ2v) is 5.05. The van der Waals surface area contributed by atoms with Crippen molar-refractivity contribution in [2.75, 3.05) is 20.1 Å². The highest BCUT2D eigenvalue weighted by Crippen LogP contribution is 2.15. The standard InChI is InChI=1S/C15H20N4O3/c1-3-8-16-15(21)18-13(20)9-19(2)10-14-17-11-6-4-5-7-12(11)22-14/h4-7H,3,8-10H2,1-2H3,(H2,16,18,20,21). The average molecular weight is 304 g/mol. The first-order valence-electron chi connectivity index (χ1n) is 7.19.